The first-order valence-corrected chi connectivity index (χ1v) is 4.17. The number of rotatable bonds is 0. The van der Waals surface area contributed by atoms with Crippen LogP contribution in [0.2, 0.25) is 0 Å². The third-order valence-corrected chi connectivity index (χ3v) is 2.28. The van der Waals surface area contributed by atoms with Gasteiger partial charge in [0, 0.05) is 24.2 Å². The molecule has 0 N–H and O–H groups in total. The van der Waals surface area contributed by atoms with Crippen LogP contribution in [0.25, 0.3) is 11.3 Å². The highest BCUT2D eigenvalue weighted by Gasteiger charge is 2.27. The summed E-state index contributed by atoms with van der Waals surface area (Å²) >= 11 is 0. The van der Waals surface area contributed by atoms with Crippen molar-refractivity contribution < 1.29 is 4.79 Å². The largest absolute Gasteiger partial charge is 0.288 e. The molecule has 0 radical (unpaired) electrons. The van der Waals surface area contributed by atoms with Gasteiger partial charge < -0.3 is 0 Å². The first kappa shape index (κ1) is 7.32. The molecule has 4 nitrogen and oxygen atoms in total. The Morgan fingerprint density at radius 3 is 2.79 bits per heavy atom. The maximum Gasteiger partial charge on any atom is 0.199 e. The summed E-state index contributed by atoms with van der Waals surface area (Å²) in [7, 11) is 0. The zero-order valence-electron chi connectivity index (χ0n) is 7.14. The molecule has 1 aliphatic carbocycles. The Labute approximate surface area is 79.7 Å². The Hall–Kier alpha value is -2.10. The first-order valence-electron chi connectivity index (χ1n) is 4.17. The molecule has 2 aromatic heterocycles. The smallest absolute Gasteiger partial charge is 0.199 e. The number of ketones is 1. The number of hydrogen-bond donors (Lipinski definition) is 0. The molecule has 4 heteroatoms. The van der Waals surface area contributed by atoms with Crippen molar-refractivity contribution in [2.24, 2.45) is 0 Å². The van der Waals surface area contributed by atoms with E-state index < -0.39 is 0 Å². The molecule has 3 rings (SSSR count). The average molecular weight is 183 g/mol. The summed E-state index contributed by atoms with van der Waals surface area (Å²) in [4.78, 5) is 23.6. The fraction of sp³-hybridized carbons (Fsp3) is 0. The Balaban J connectivity index is 2.42. The molecule has 0 aliphatic heterocycles. The Morgan fingerprint density at radius 2 is 1.86 bits per heavy atom. The van der Waals surface area contributed by atoms with E-state index in [1.54, 1.807) is 24.7 Å². The molecule has 0 aromatic carbocycles. The van der Waals surface area contributed by atoms with Gasteiger partial charge in [-0.25, -0.2) is 9.97 Å². The second-order valence-corrected chi connectivity index (χ2v) is 3.04. The lowest BCUT2D eigenvalue weighted by Gasteiger charge is -1.94. The predicted octanol–water partition coefficient (Wildman–Crippen LogP) is 1.08. The van der Waals surface area contributed by atoms with Crippen LogP contribution in [0.15, 0.2) is 31.0 Å². The van der Waals surface area contributed by atoms with Gasteiger partial charge in [-0.1, -0.05) is 0 Å². The number of carbonyl (C=O) groups excluding carboxylic acids is 1. The summed E-state index contributed by atoms with van der Waals surface area (Å²) in [6.07, 6.45) is 6.22. The molecule has 0 amide bonds. The maximum atomic E-state index is 11.8. The van der Waals surface area contributed by atoms with Crippen molar-refractivity contribution in [1.82, 2.24) is 15.0 Å². The molecule has 1 aliphatic rings. The molecule has 14 heavy (non-hydrogen) atoms. The third-order valence-electron chi connectivity index (χ3n) is 2.28. The van der Waals surface area contributed by atoms with Gasteiger partial charge in [-0.2, -0.15) is 0 Å². The summed E-state index contributed by atoms with van der Waals surface area (Å²) in [5, 5.41) is 0. The van der Waals surface area contributed by atoms with Crippen molar-refractivity contribution in [3.63, 3.8) is 0 Å². The van der Waals surface area contributed by atoms with Crippen LogP contribution in [0.5, 0.6) is 0 Å². The van der Waals surface area contributed by atoms with Gasteiger partial charge in [0.15, 0.2) is 5.78 Å². The summed E-state index contributed by atoms with van der Waals surface area (Å²) in [5.41, 5.74) is 2.74. The highest BCUT2D eigenvalue weighted by atomic mass is 16.1. The molecule has 0 fully saturated rings. The summed E-state index contributed by atoms with van der Waals surface area (Å²) in [6.45, 7) is 0. The van der Waals surface area contributed by atoms with Crippen molar-refractivity contribution in [3.8, 4) is 11.3 Å². The highest BCUT2D eigenvalue weighted by Crippen LogP contribution is 2.32. The van der Waals surface area contributed by atoms with Crippen LogP contribution in [0.1, 0.15) is 15.9 Å². The quantitative estimate of drug-likeness (QED) is 0.523. The normalized spacial score (nSPS) is 12.4. The lowest BCUT2D eigenvalue weighted by atomic mass is 10.2. The van der Waals surface area contributed by atoms with E-state index in [4.69, 9.17) is 0 Å². The van der Waals surface area contributed by atoms with E-state index in [-0.39, 0.29) is 5.78 Å². The maximum absolute atomic E-state index is 11.8. The topological polar surface area (TPSA) is 55.7 Å². The van der Waals surface area contributed by atoms with E-state index >= 15 is 0 Å². The summed E-state index contributed by atoms with van der Waals surface area (Å²) < 4.78 is 0. The Kier molecular flexibility index (Phi) is 1.28. The summed E-state index contributed by atoms with van der Waals surface area (Å²) in [5.74, 6) is -0.0382. The van der Waals surface area contributed by atoms with E-state index in [0.29, 0.717) is 16.8 Å². The minimum Gasteiger partial charge on any atom is -0.288 e. The standard InChI is InChI=1S/C10H5N3O/c14-10-7-3-11-2-1-6(7)9-8(10)4-12-5-13-9/h1-5H. The Morgan fingerprint density at radius 1 is 1.00 bits per heavy atom. The van der Waals surface area contributed by atoms with Gasteiger partial charge in [-0.3, -0.25) is 9.78 Å². The minimum absolute atomic E-state index is 0.0382. The monoisotopic (exact) mass is 183 g/mol. The van der Waals surface area contributed by atoms with Crippen molar-refractivity contribution in [2.75, 3.05) is 0 Å². The van der Waals surface area contributed by atoms with Crippen molar-refractivity contribution in [2.45, 2.75) is 0 Å². The molecule has 0 saturated heterocycles. The van der Waals surface area contributed by atoms with Gasteiger partial charge in [0.2, 0.25) is 0 Å². The van der Waals surface area contributed by atoms with Gasteiger partial charge in [0.1, 0.15) is 6.33 Å². The predicted molar refractivity (Wildman–Crippen MR) is 48.7 cm³/mol. The van der Waals surface area contributed by atoms with E-state index in [9.17, 15) is 4.79 Å². The zero-order chi connectivity index (χ0) is 9.54. The zero-order valence-corrected chi connectivity index (χ0v) is 7.14. The van der Waals surface area contributed by atoms with Crippen LogP contribution >= 0.6 is 0 Å². The Bertz CT molecular complexity index is 489. The SMILES string of the molecule is O=C1c2cnccc2-c2ncncc21. The van der Waals surface area contributed by atoms with Crippen LogP contribution in [-0.4, -0.2) is 20.7 Å². The van der Waals surface area contributed by atoms with Crippen LogP contribution in [0, 0.1) is 0 Å². The van der Waals surface area contributed by atoms with Gasteiger partial charge in [-0.05, 0) is 6.07 Å². The van der Waals surface area contributed by atoms with Gasteiger partial charge >= 0.3 is 0 Å². The number of aromatic nitrogens is 3. The number of carbonyl (C=O) groups is 1. The van der Waals surface area contributed by atoms with Crippen molar-refractivity contribution in [3.05, 3.63) is 42.1 Å². The van der Waals surface area contributed by atoms with Crippen LogP contribution in [0.4, 0.5) is 0 Å². The van der Waals surface area contributed by atoms with Gasteiger partial charge in [0.05, 0.1) is 16.8 Å². The molecule has 2 aromatic rings. The first-order chi connectivity index (χ1) is 6.88. The van der Waals surface area contributed by atoms with Gasteiger partial charge in [0.25, 0.3) is 0 Å². The van der Waals surface area contributed by atoms with E-state index in [2.05, 4.69) is 15.0 Å². The van der Waals surface area contributed by atoms with Crippen molar-refractivity contribution in [1.29, 1.82) is 0 Å². The molecule has 0 spiro atoms. The summed E-state index contributed by atoms with van der Waals surface area (Å²) in [6, 6.07) is 1.80. The lowest BCUT2D eigenvalue weighted by molar-refractivity contribution is 0.104. The minimum atomic E-state index is -0.0382. The molecular formula is C10H5N3O. The fourth-order valence-electron chi connectivity index (χ4n) is 1.64. The second-order valence-electron chi connectivity index (χ2n) is 3.04. The van der Waals surface area contributed by atoms with Crippen LogP contribution in [0.3, 0.4) is 0 Å². The fourth-order valence-corrected chi connectivity index (χ4v) is 1.64. The van der Waals surface area contributed by atoms with Crippen LogP contribution in [-0.2, 0) is 0 Å². The molecule has 0 atom stereocenters. The van der Waals surface area contributed by atoms with Crippen molar-refractivity contribution >= 4 is 5.78 Å². The van der Waals surface area contributed by atoms with E-state index in [1.165, 1.54) is 6.33 Å². The molecule has 0 unspecified atom stereocenters. The van der Waals surface area contributed by atoms with E-state index in [0.717, 1.165) is 5.56 Å². The number of fused-ring (bicyclic) bond motifs is 3. The van der Waals surface area contributed by atoms with Crippen LogP contribution < -0.4 is 0 Å². The molecular weight excluding hydrogens is 178 g/mol. The number of pyridine rings is 1. The number of nitrogens with zero attached hydrogens (tertiary/aromatic N) is 3. The van der Waals surface area contributed by atoms with Gasteiger partial charge in [-0.15, -0.1) is 0 Å². The lowest BCUT2D eigenvalue weighted by Crippen LogP contribution is -1.96. The number of hydrogen-bond acceptors (Lipinski definition) is 4. The molecule has 66 valence electrons. The molecule has 0 bridgehead atoms. The van der Waals surface area contributed by atoms with E-state index in [1.807, 2.05) is 0 Å². The average Bonchev–Trinajstić information content (AvgIpc) is 2.55. The highest BCUT2D eigenvalue weighted by molar-refractivity contribution is 6.20. The second kappa shape index (κ2) is 2.45. The molecule has 0 saturated carbocycles. The third kappa shape index (κ3) is 0.771. The molecule has 2 heterocycles.